The van der Waals surface area contributed by atoms with Crippen LogP contribution in [-0.4, -0.2) is 27.7 Å². The summed E-state index contributed by atoms with van der Waals surface area (Å²) in [7, 11) is 0. The first-order valence-electron chi connectivity index (χ1n) is 10.1. The van der Waals surface area contributed by atoms with Crippen LogP contribution in [0.25, 0.3) is 5.76 Å². The van der Waals surface area contributed by atoms with Gasteiger partial charge in [0.25, 0.3) is 11.7 Å². The SMILES string of the molecule is Cc1ccc(/C(O)=C2/C(=O)C(=O)N(C3CCCCC3)C2c2ccccc2F)cc1. The van der Waals surface area contributed by atoms with E-state index in [0.29, 0.717) is 5.56 Å². The van der Waals surface area contributed by atoms with E-state index in [1.165, 1.54) is 11.0 Å². The maximum Gasteiger partial charge on any atom is 0.295 e. The maximum absolute atomic E-state index is 14.8. The number of carbonyl (C=O) groups is 2. The number of Topliss-reactive ketones (excluding diaryl/α,β-unsaturated/α-hetero) is 1. The monoisotopic (exact) mass is 393 g/mol. The summed E-state index contributed by atoms with van der Waals surface area (Å²) in [5.74, 6) is -2.15. The number of amides is 1. The molecule has 4 rings (SSSR count). The highest BCUT2D eigenvalue weighted by Gasteiger charge is 2.49. The van der Waals surface area contributed by atoms with Gasteiger partial charge in [0.1, 0.15) is 11.6 Å². The van der Waals surface area contributed by atoms with E-state index >= 15 is 0 Å². The zero-order chi connectivity index (χ0) is 20.5. The van der Waals surface area contributed by atoms with E-state index in [-0.39, 0.29) is 22.9 Å². The van der Waals surface area contributed by atoms with Crippen molar-refractivity contribution < 1.29 is 19.1 Å². The fraction of sp³-hybridized carbons (Fsp3) is 0.333. The van der Waals surface area contributed by atoms with Crippen molar-refractivity contribution in [1.29, 1.82) is 0 Å². The van der Waals surface area contributed by atoms with Crippen molar-refractivity contribution in [3.8, 4) is 0 Å². The third-order valence-electron chi connectivity index (χ3n) is 5.97. The third-order valence-corrected chi connectivity index (χ3v) is 5.97. The summed E-state index contributed by atoms with van der Waals surface area (Å²) in [5, 5.41) is 11.0. The average molecular weight is 393 g/mol. The summed E-state index contributed by atoms with van der Waals surface area (Å²) in [6.45, 7) is 1.92. The summed E-state index contributed by atoms with van der Waals surface area (Å²) in [4.78, 5) is 27.5. The molecule has 2 aromatic rings. The lowest BCUT2D eigenvalue weighted by molar-refractivity contribution is -0.141. The second kappa shape index (κ2) is 7.82. The average Bonchev–Trinajstić information content (AvgIpc) is 3.00. The largest absolute Gasteiger partial charge is 0.507 e. The highest BCUT2D eigenvalue weighted by molar-refractivity contribution is 6.46. The van der Waals surface area contributed by atoms with Crippen LogP contribution < -0.4 is 0 Å². The molecule has 1 saturated carbocycles. The van der Waals surface area contributed by atoms with Gasteiger partial charge in [0.05, 0.1) is 11.6 Å². The molecule has 0 aromatic heterocycles. The van der Waals surface area contributed by atoms with Gasteiger partial charge < -0.3 is 10.0 Å². The number of aryl methyl sites for hydroxylation is 1. The molecular weight excluding hydrogens is 369 g/mol. The Hall–Kier alpha value is -2.95. The Morgan fingerprint density at radius 3 is 2.31 bits per heavy atom. The zero-order valence-corrected chi connectivity index (χ0v) is 16.4. The van der Waals surface area contributed by atoms with Crippen molar-refractivity contribution in [3.63, 3.8) is 0 Å². The molecule has 0 spiro atoms. The molecule has 1 heterocycles. The van der Waals surface area contributed by atoms with E-state index in [2.05, 4.69) is 0 Å². The van der Waals surface area contributed by atoms with Gasteiger partial charge in [-0.3, -0.25) is 9.59 Å². The Balaban J connectivity index is 1.89. The van der Waals surface area contributed by atoms with Crippen LogP contribution in [0.5, 0.6) is 0 Å². The van der Waals surface area contributed by atoms with Gasteiger partial charge in [0.15, 0.2) is 0 Å². The minimum atomic E-state index is -0.916. The van der Waals surface area contributed by atoms with E-state index < -0.39 is 23.5 Å². The maximum atomic E-state index is 14.8. The van der Waals surface area contributed by atoms with Gasteiger partial charge in [0, 0.05) is 17.2 Å². The Morgan fingerprint density at radius 1 is 1.00 bits per heavy atom. The summed E-state index contributed by atoms with van der Waals surface area (Å²) in [5.41, 5.74) is 1.66. The van der Waals surface area contributed by atoms with Crippen LogP contribution in [0.3, 0.4) is 0 Å². The molecule has 0 radical (unpaired) electrons. The molecule has 1 amide bonds. The molecule has 29 heavy (non-hydrogen) atoms. The zero-order valence-electron chi connectivity index (χ0n) is 16.4. The second-order valence-electron chi connectivity index (χ2n) is 7.89. The highest BCUT2D eigenvalue weighted by Crippen LogP contribution is 2.43. The quantitative estimate of drug-likeness (QED) is 0.459. The van der Waals surface area contributed by atoms with Crippen LogP contribution in [0.2, 0.25) is 0 Å². The molecule has 1 atom stereocenters. The summed E-state index contributed by atoms with van der Waals surface area (Å²) >= 11 is 0. The number of hydrogen-bond acceptors (Lipinski definition) is 3. The first-order valence-corrected chi connectivity index (χ1v) is 10.1. The lowest BCUT2D eigenvalue weighted by Gasteiger charge is -2.35. The van der Waals surface area contributed by atoms with E-state index in [4.69, 9.17) is 0 Å². The van der Waals surface area contributed by atoms with Gasteiger partial charge in [-0.25, -0.2) is 4.39 Å². The van der Waals surface area contributed by atoms with Gasteiger partial charge in [-0.15, -0.1) is 0 Å². The number of likely N-dealkylation sites (tertiary alicyclic amines) is 1. The van der Waals surface area contributed by atoms with E-state index in [9.17, 15) is 19.1 Å². The molecular formula is C24H24FNO3. The predicted octanol–water partition coefficient (Wildman–Crippen LogP) is 4.89. The summed E-state index contributed by atoms with van der Waals surface area (Å²) in [6, 6.07) is 12.2. The van der Waals surface area contributed by atoms with Crippen LogP contribution in [-0.2, 0) is 9.59 Å². The number of aliphatic hydroxyl groups is 1. The van der Waals surface area contributed by atoms with Crippen LogP contribution in [0.1, 0.15) is 54.8 Å². The molecule has 2 fully saturated rings. The van der Waals surface area contributed by atoms with E-state index in [1.807, 2.05) is 19.1 Å². The lowest BCUT2D eigenvalue weighted by Crippen LogP contribution is -2.40. The molecule has 1 unspecified atom stereocenters. The minimum absolute atomic E-state index is 0.0328. The number of hydrogen-bond donors (Lipinski definition) is 1. The van der Waals surface area contributed by atoms with Crippen LogP contribution in [0.4, 0.5) is 4.39 Å². The van der Waals surface area contributed by atoms with Crippen molar-refractivity contribution in [2.45, 2.75) is 51.1 Å². The molecule has 2 aliphatic rings. The number of benzene rings is 2. The second-order valence-corrected chi connectivity index (χ2v) is 7.89. The topological polar surface area (TPSA) is 57.6 Å². The molecule has 0 bridgehead atoms. The van der Waals surface area contributed by atoms with Crippen molar-refractivity contribution in [2.75, 3.05) is 0 Å². The lowest BCUT2D eigenvalue weighted by atomic mass is 9.90. The van der Waals surface area contributed by atoms with Crippen molar-refractivity contribution in [2.24, 2.45) is 0 Å². The molecule has 1 aliphatic heterocycles. The van der Waals surface area contributed by atoms with Crippen LogP contribution in [0, 0.1) is 12.7 Å². The Labute approximate surface area is 169 Å². The molecule has 150 valence electrons. The molecule has 1 aliphatic carbocycles. The third kappa shape index (κ3) is 3.46. The Kier molecular flexibility index (Phi) is 5.22. The number of halogens is 1. The normalized spacial score (nSPS) is 22.3. The number of ketones is 1. The van der Waals surface area contributed by atoms with E-state index in [0.717, 1.165) is 37.7 Å². The summed E-state index contributed by atoms with van der Waals surface area (Å²) in [6.07, 6.45) is 4.59. The standard InChI is InChI=1S/C24H24FNO3/c1-15-11-13-16(14-12-15)22(27)20-21(18-9-5-6-10-19(18)25)26(24(29)23(20)28)17-7-3-2-4-8-17/h5-6,9-14,17,21,27H,2-4,7-8H2,1H3/b22-20-. The van der Waals surface area contributed by atoms with Crippen molar-refractivity contribution in [3.05, 3.63) is 76.6 Å². The molecule has 4 nitrogen and oxygen atoms in total. The Bertz CT molecular complexity index is 974. The van der Waals surface area contributed by atoms with Gasteiger partial charge in [-0.2, -0.15) is 0 Å². The van der Waals surface area contributed by atoms with Crippen LogP contribution in [0.15, 0.2) is 54.1 Å². The molecule has 2 aromatic carbocycles. The fourth-order valence-corrected chi connectivity index (χ4v) is 4.45. The molecule has 5 heteroatoms. The van der Waals surface area contributed by atoms with Gasteiger partial charge in [-0.05, 0) is 25.8 Å². The first-order chi connectivity index (χ1) is 14.0. The van der Waals surface area contributed by atoms with E-state index in [1.54, 1.807) is 30.3 Å². The molecule has 1 N–H and O–H groups in total. The molecule has 1 saturated heterocycles. The minimum Gasteiger partial charge on any atom is -0.507 e. The van der Waals surface area contributed by atoms with Crippen LogP contribution >= 0.6 is 0 Å². The smallest absolute Gasteiger partial charge is 0.295 e. The first kappa shape index (κ1) is 19.4. The van der Waals surface area contributed by atoms with Gasteiger partial charge in [0.2, 0.25) is 0 Å². The number of rotatable bonds is 3. The summed E-state index contributed by atoms with van der Waals surface area (Å²) < 4.78 is 14.8. The fourth-order valence-electron chi connectivity index (χ4n) is 4.45. The number of nitrogens with zero attached hydrogens (tertiary/aromatic N) is 1. The van der Waals surface area contributed by atoms with Gasteiger partial charge in [-0.1, -0.05) is 67.3 Å². The number of aliphatic hydroxyl groups excluding tert-OH is 1. The number of carbonyl (C=O) groups excluding carboxylic acids is 2. The van der Waals surface area contributed by atoms with Gasteiger partial charge >= 0.3 is 0 Å². The highest BCUT2D eigenvalue weighted by atomic mass is 19.1. The van der Waals surface area contributed by atoms with Crippen molar-refractivity contribution in [1.82, 2.24) is 4.90 Å². The van der Waals surface area contributed by atoms with Crippen molar-refractivity contribution >= 4 is 17.4 Å². The Morgan fingerprint density at radius 2 is 1.66 bits per heavy atom. The predicted molar refractivity (Wildman–Crippen MR) is 109 cm³/mol.